The fourth-order valence-corrected chi connectivity index (χ4v) is 1.15. The van der Waals surface area contributed by atoms with Crippen LogP contribution in [0.5, 0.6) is 0 Å². The summed E-state index contributed by atoms with van der Waals surface area (Å²) < 4.78 is 37.3. The van der Waals surface area contributed by atoms with Crippen molar-refractivity contribution >= 4 is 11.7 Å². The molecule has 0 bridgehead atoms. The van der Waals surface area contributed by atoms with Crippen molar-refractivity contribution in [2.75, 3.05) is 19.4 Å². The average Bonchev–Trinajstić information content (AvgIpc) is 2.27. The number of amides is 2. The molecule has 0 aromatic heterocycles. The molecule has 0 aliphatic heterocycles. The van der Waals surface area contributed by atoms with Crippen molar-refractivity contribution in [1.82, 2.24) is 4.90 Å². The molecule has 0 unspecified atom stereocenters. The SMILES string of the molecule is CN(C)C(=O)Nc1ccc(C(F)(F)F)cc1C#N. The molecule has 18 heavy (non-hydrogen) atoms. The number of halogens is 3. The topological polar surface area (TPSA) is 56.1 Å². The van der Waals surface area contributed by atoms with Gasteiger partial charge in [0, 0.05) is 14.1 Å². The zero-order chi connectivity index (χ0) is 13.9. The third-order valence-electron chi connectivity index (χ3n) is 2.12. The predicted molar refractivity (Wildman–Crippen MR) is 58.9 cm³/mol. The molecule has 1 aromatic rings. The number of benzene rings is 1. The summed E-state index contributed by atoms with van der Waals surface area (Å²) in [7, 11) is 2.96. The predicted octanol–water partition coefficient (Wildman–Crippen LogP) is 2.67. The number of nitrogens with one attached hydrogen (secondary N) is 1. The summed E-state index contributed by atoms with van der Waals surface area (Å²) in [5.74, 6) is 0. The van der Waals surface area contributed by atoms with Crippen LogP contribution in [-0.4, -0.2) is 25.0 Å². The lowest BCUT2D eigenvalue weighted by Crippen LogP contribution is -2.27. The Kier molecular flexibility index (Phi) is 3.81. The number of urea groups is 1. The number of carbonyl (C=O) groups excluding carboxylic acids is 1. The maximum atomic E-state index is 12.4. The van der Waals surface area contributed by atoms with E-state index in [2.05, 4.69) is 5.32 Å². The van der Waals surface area contributed by atoms with Gasteiger partial charge in [-0.1, -0.05) is 0 Å². The van der Waals surface area contributed by atoms with Gasteiger partial charge in [0.2, 0.25) is 0 Å². The molecule has 0 saturated heterocycles. The second-order valence-electron chi connectivity index (χ2n) is 3.69. The number of hydrogen-bond acceptors (Lipinski definition) is 2. The first-order valence-electron chi connectivity index (χ1n) is 4.85. The number of anilines is 1. The summed E-state index contributed by atoms with van der Waals surface area (Å²) in [4.78, 5) is 12.6. The number of nitrogens with zero attached hydrogens (tertiary/aromatic N) is 2. The van der Waals surface area contributed by atoms with Crippen LogP contribution in [0.1, 0.15) is 11.1 Å². The zero-order valence-corrected chi connectivity index (χ0v) is 9.67. The van der Waals surface area contributed by atoms with Gasteiger partial charge in [-0.05, 0) is 18.2 Å². The number of hydrogen-bond donors (Lipinski definition) is 1. The van der Waals surface area contributed by atoms with E-state index in [1.165, 1.54) is 19.0 Å². The molecule has 2 amide bonds. The molecule has 1 N–H and O–H groups in total. The number of nitriles is 1. The molecule has 0 radical (unpaired) electrons. The minimum Gasteiger partial charge on any atom is -0.331 e. The Morgan fingerprint density at radius 3 is 2.44 bits per heavy atom. The molecular weight excluding hydrogens is 247 g/mol. The number of alkyl halides is 3. The van der Waals surface area contributed by atoms with Crippen molar-refractivity contribution in [1.29, 1.82) is 5.26 Å². The van der Waals surface area contributed by atoms with Gasteiger partial charge >= 0.3 is 12.2 Å². The summed E-state index contributed by atoms with van der Waals surface area (Å²) in [6, 6.07) is 3.67. The maximum absolute atomic E-state index is 12.4. The van der Waals surface area contributed by atoms with Gasteiger partial charge in [-0.3, -0.25) is 0 Å². The van der Waals surface area contributed by atoms with Crippen LogP contribution < -0.4 is 5.32 Å². The van der Waals surface area contributed by atoms with Crippen molar-refractivity contribution in [2.24, 2.45) is 0 Å². The lowest BCUT2D eigenvalue weighted by atomic mass is 10.1. The first-order chi connectivity index (χ1) is 8.25. The van der Waals surface area contributed by atoms with Crippen LogP contribution in [0, 0.1) is 11.3 Å². The summed E-state index contributed by atoms with van der Waals surface area (Å²) >= 11 is 0. The Bertz CT molecular complexity index is 503. The molecule has 4 nitrogen and oxygen atoms in total. The third kappa shape index (κ3) is 3.13. The molecule has 0 aliphatic carbocycles. The molecular formula is C11H10F3N3O. The van der Waals surface area contributed by atoms with Crippen LogP contribution in [0.2, 0.25) is 0 Å². The molecule has 0 aliphatic rings. The number of rotatable bonds is 1. The lowest BCUT2D eigenvalue weighted by Gasteiger charge is -2.14. The summed E-state index contributed by atoms with van der Waals surface area (Å²) in [5.41, 5.74) is -1.12. The second-order valence-corrected chi connectivity index (χ2v) is 3.69. The molecule has 7 heteroatoms. The van der Waals surface area contributed by atoms with Gasteiger partial charge in [-0.15, -0.1) is 0 Å². The Morgan fingerprint density at radius 1 is 1.39 bits per heavy atom. The van der Waals surface area contributed by atoms with Gasteiger partial charge in [0.25, 0.3) is 0 Å². The standard InChI is InChI=1S/C11H10F3N3O/c1-17(2)10(18)16-9-4-3-8(11(12,13)14)5-7(9)6-15/h3-5H,1-2H3,(H,16,18). The van der Waals surface area contributed by atoms with Crippen LogP contribution >= 0.6 is 0 Å². The Hall–Kier alpha value is -2.23. The van der Waals surface area contributed by atoms with Gasteiger partial charge in [0.05, 0.1) is 16.8 Å². The molecule has 0 saturated carbocycles. The first-order valence-corrected chi connectivity index (χ1v) is 4.85. The monoisotopic (exact) mass is 257 g/mol. The molecule has 0 atom stereocenters. The van der Waals surface area contributed by atoms with E-state index in [0.717, 1.165) is 12.1 Å². The Morgan fingerprint density at radius 2 is 2.00 bits per heavy atom. The fourth-order valence-electron chi connectivity index (χ4n) is 1.15. The van der Waals surface area contributed by atoms with E-state index >= 15 is 0 Å². The van der Waals surface area contributed by atoms with E-state index in [1.54, 1.807) is 6.07 Å². The van der Waals surface area contributed by atoms with Crippen LogP contribution in [0.4, 0.5) is 23.7 Å². The molecule has 1 aromatic carbocycles. The minimum absolute atomic E-state index is 0.0456. The lowest BCUT2D eigenvalue weighted by molar-refractivity contribution is -0.137. The highest BCUT2D eigenvalue weighted by Gasteiger charge is 2.31. The average molecular weight is 257 g/mol. The molecule has 0 heterocycles. The van der Waals surface area contributed by atoms with Crippen molar-refractivity contribution < 1.29 is 18.0 Å². The highest BCUT2D eigenvalue weighted by atomic mass is 19.4. The van der Waals surface area contributed by atoms with Crippen LogP contribution in [0.3, 0.4) is 0 Å². The van der Waals surface area contributed by atoms with Crippen LogP contribution in [0.25, 0.3) is 0 Å². The summed E-state index contributed by atoms with van der Waals surface area (Å²) in [6.07, 6.45) is -4.52. The summed E-state index contributed by atoms with van der Waals surface area (Å²) in [6.45, 7) is 0. The Labute approximate surface area is 102 Å². The van der Waals surface area contributed by atoms with Gasteiger partial charge in [-0.25, -0.2) is 4.79 Å². The number of carbonyl (C=O) groups is 1. The second kappa shape index (κ2) is 4.96. The van der Waals surface area contributed by atoms with Gasteiger partial charge in [0.1, 0.15) is 6.07 Å². The highest BCUT2D eigenvalue weighted by Crippen LogP contribution is 2.31. The molecule has 1 rings (SSSR count). The van der Waals surface area contributed by atoms with E-state index in [-0.39, 0.29) is 11.3 Å². The van der Waals surface area contributed by atoms with E-state index in [1.807, 2.05) is 0 Å². The molecule has 96 valence electrons. The van der Waals surface area contributed by atoms with E-state index in [0.29, 0.717) is 6.07 Å². The van der Waals surface area contributed by atoms with Crippen molar-refractivity contribution in [3.63, 3.8) is 0 Å². The van der Waals surface area contributed by atoms with Gasteiger partial charge in [-0.2, -0.15) is 18.4 Å². The largest absolute Gasteiger partial charge is 0.416 e. The summed E-state index contributed by atoms with van der Waals surface area (Å²) in [5, 5.41) is 11.1. The minimum atomic E-state index is -4.52. The van der Waals surface area contributed by atoms with Crippen molar-refractivity contribution in [3.8, 4) is 6.07 Å². The third-order valence-corrected chi connectivity index (χ3v) is 2.12. The molecule has 0 spiro atoms. The van der Waals surface area contributed by atoms with Crippen molar-refractivity contribution in [3.05, 3.63) is 29.3 Å². The highest BCUT2D eigenvalue weighted by molar-refractivity contribution is 5.90. The van der Waals surface area contributed by atoms with Crippen LogP contribution in [-0.2, 0) is 6.18 Å². The maximum Gasteiger partial charge on any atom is 0.416 e. The normalized spacial score (nSPS) is 10.7. The molecule has 0 fully saturated rings. The Balaban J connectivity index is 3.10. The van der Waals surface area contributed by atoms with Gasteiger partial charge in [0.15, 0.2) is 0 Å². The quantitative estimate of drug-likeness (QED) is 0.840. The van der Waals surface area contributed by atoms with E-state index < -0.39 is 17.8 Å². The van der Waals surface area contributed by atoms with E-state index in [9.17, 15) is 18.0 Å². The fraction of sp³-hybridized carbons (Fsp3) is 0.273. The first kappa shape index (κ1) is 13.8. The van der Waals surface area contributed by atoms with Crippen LogP contribution in [0.15, 0.2) is 18.2 Å². The van der Waals surface area contributed by atoms with E-state index in [4.69, 9.17) is 5.26 Å². The van der Waals surface area contributed by atoms with Crippen molar-refractivity contribution in [2.45, 2.75) is 6.18 Å². The van der Waals surface area contributed by atoms with Gasteiger partial charge < -0.3 is 10.2 Å². The smallest absolute Gasteiger partial charge is 0.331 e. The zero-order valence-electron chi connectivity index (χ0n) is 9.67.